The number of nitrogens with zero attached hydrogens (tertiary/aromatic N) is 1. The highest BCUT2D eigenvalue weighted by Gasteiger charge is 2.23. The topological polar surface area (TPSA) is 95.9 Å². The molecule has 0 bridgehead atoms. The zero-order chi connectivity index (χ0) is 32.8. The number of amides is 1. The molecule has 1 amide bonds. The Kier molecular flexibility index (Phi) is 12.2. The third-order valence-corrected chi connectivity index (χ3v) is 8.80. The fraction of sp³-hybridized carbons (Fsp3) is 0.325. The number of anilines is 1. The van der Waals surface area contributed by atoms with Gasteiger partial charge in [-0.1, -0.05) is 104 Å². The number of rotatable bonds is 16. The van der Waals surface area contributed by atoms with Crippen LogP contribution in [0.1, 0.15) is 72.0 Å². The summed E-state index contributed by atoms with van der Waals surface area (Å²) >= 11 is 0. The standard InChI is InChI=1S/C40H44N2O5/c43-38(28-30-13-4-1-5-14-30)42(29-32-15-6-2-7-16-32)25-12-26-47-34-23-21-31(22-24-34)27-37(40(45)46)41-36-20-11-10-19-35(36)39(44)33-17-8-3-9-18-33/h2-3,6-11,15-24,30,37,41H,1,4-5,12-14,25-29H2,(H,45,46). The minimum Gasteiger partial charge on any atom is -0.494 e. The van der Waals surface area contributed by atoms with Gasteiger partial charge in [-0.3, -0.25) is 9.59 Å². The Morgan fingerprint density at radius 3 is 2.15 bits per heavy atom. The molecular formula is C40H44N2O5. The van der Waals surface area contributed by atoms with E-state index < -0.39 is 12.0 Å². The highest BCUT2D eigenvalue weighted by molar-refractivity contribution is 6.12. The molecule has 1 aliphatic carbocycles. The van der Waals surface area contributed by atoms with Gasteiger partial charge in [-0.25, -0.2) is 4.79 Å². The summed E-state index contributed by atoms with van der Waals surface area (Å²) in [6.45, 7) is 1.69. The van der Waals surface area contributed by atoms with Crippen molar-refractivity contribution in [3.8, 4) is 5.75 Å². The summed E-state index contributed by atoms with van der Waals surface area (Å²) in [6.07, 6.45) is 7.57. The molecule has 2 N–H and O–H groups in total. The Labute approximate surface area is 277 Å². The Balaban J connectivity index is 1.14. The van der Waals surface area contributed by atoms with Gasteiger partial charge in [-0.15, -0.1) is 0 Å². The van der Waals surface area contributed by atoms with Crippen LogP contribution in [0.25, 0.3) is 0 Å². The average molecular weight is 633 g/mol. The Morgan fingerprint density at radius 2 is 1.45 bits per heavy atom. The minimum absolute atomic E-state index is 0.170. The van der Waals surface area contributed by atoms with Crippen LogP contribution in [-0.4, -0.2) is 46.9 Å². The van der Waals surface area contributed by atoms with E-state index in [1.807, 2.05) is 53.4 Å². The maximum Gasteiger partial charge on any atom is 0.326 e. The molecule has 0 aromatic heterocycles. The van der Waals surface area contributed by atoms with Crippen molar-refractivity contribution in [3.05, 3.63) is 131 Å². The molecule has 0 spiro atoms. The van der Waals surface area contributed by atoms with Crippen LogP contribution in [0.4, 0.5) is 5.69 Å². The van der Waals surface area contributed by atoms with E-state index >= 15 is 0 Å². The number of carbonyl (C=O) groups excluding carboxylic acids is 2. The lowest BCUT2D eigenvalue weighted by Crippen LogP contribution is -2.33. The molecule has 1 aliphatic rings. The van der Waals surface area contributed by atoms with Crippen molar-refractivity contribution in [2.24, 2.45) is 5.92 Å². The van der Waals surface area contributed by atoms with Crippen molar-refractivity contribution >= 4 is 23.3 Å². The van der Waals surface area contributed by atoms with Crippen LogP contribution in [0.3, 0.4) is 0 Å². The highest BCUT2D eigenvalue weighted by atomic mass is 16.5. The first kappa shape index (κ1) is 33.5. The molecule has 5 rings (SSSR count). The first-order valence-corrected chi connectivity index (χ1v) is 16.7. The number of ketones is 1. The first-order valence-electron chi connectivity index (χ1n) is 16.7. The number of hydrogen-bond acceptors (Lipinski definition) is 5. The molecule has 0 radical (unpaired) electrons. The second kappa shape index (κ2) is 17.1. The Morgan fingerprint density at radius 1 is 0.787 bits per heavy atom. The average Bonchev–Trinajstić information content (AvgIpc) is 3.11. The molecule has 47 heavy (non-hydrogen) atoms. The summed E-state index contributed by atoms with van der Waals surface area (Å²) in [5.41, 5.74) is 3.39. The molecule has 4 aromatic rings. The van der Waals surface area contributed by atoms with Crippen LogP contribution >= 0.6 is 0 Å². The van der Waals surface area contributed by atoms with E-state index in [1.54, 1.807) is 48.5 Å². The zero-order valence-corrected chi connectivity index (χ0v) is 26.9. The van der Waals surface area contributed by atoms with Gasteiger partial charge < -0.3 is 20.1 Å². The van der Waals surface area contributed by atoms with E-state index in [0.717, 1.165) is 24.0 Å². The lowest BCUT2D eigenvalue weighted by Gasteiger charge is -2.27. The molecule has 1 atom stereocenters. The molecule has 244 valence electrons. The number of aliphatic carboxylic acids is 1. The van der Waals surface area contributed by atoms with Gasteiger partial charge >= 0.3 is 5.97 Å². The molecular weight excluding hydrogens is 588 g/mol. The number of hydrogen-bond donors (Lipinski definition) is 2. The van der Waals surface area contributed by atoms with E-state index in [9.17, 15) is 19.5 Å². The molecule has 0 aliphatic heterocycles. The number of nitrogens with one attached hydrogen (secondary N) is 1. The van der Waals surface area contributed by atoms with Crippen LogP contribution in [0, 0.1) is 5.92 Å². The molecule has 1 fully saturated rings. The van der Waals surface area contributed by atoms with Gasteiger partial charge in [-0.05, 0) is 60.6 Å². The Hall–Kier alpha value is -4.91. The van der Waals surface area contributed by atoms with Crippen LogP contribution in [-0.2, 0) is 22.6 Å². The molecule has 7 nitrogen and oxygen atoms in total. The molecule has 4 aromatic carbocycles. The van der Waals surface area contributed by atoms with Crippen molar-refractivity contribution < 1.29 is 24.2 Å². The summed E-state index contributed by atoms with van der Waals surface area (Å²) in [5.74, 6) is 0.225. The fourth-order valence-corrected chi connectivity index (χ4v) is 6.21. The number of ether oxygens (including phenoxy) is 1. The monoisotopic (exact) mass is 632 g/mol. The number of carboxylic acids is 1. The van der Waals surface area contributed by atoms with Crippen LogP contribution in [0.2, 0.25) is 0 Å². The minimum atomic E-state index is -1.01. The second-order valence-corrected chi connectivity index (χ2v) is 12.3. The van der Waals surface area contributed by atoms with Crippen molar-refractivity contribution in [1.29, 1.82) is 0 Å². The summed E-state index contributed by atoms with van der Waals surface area (Å²) in [5, 5.41) is 13.1. The van der Waals surface area contributed by atoms with E-state index in [0.29, 0.717) is 61.0 Å². The molecule has 1 unspecified atom stereocenters. The number of carbonyl (C=O) groups is 3. The van der Waals surface area contributed by atoms with Gasteiger partial charge in [0.2, 0.25) is 5.91 Å². The summed E-state index contributed by atoms with van der Waals surface area (Å²) in [7, 11) is 0. The second-order valence-electron chi connectivity index (χ2n) is 12.3. The summed E-state index contributed by atoms with van der Waals surface area (Å²) in [6, 6.07) is 32.5. The third-order valence-electron chi connectivity index (χ3n) is 8.80. The molecule has 1 saturated carbocycles. The van der Waals surface area contributed by atoms with Crippen LogP contribution < -0.4 is 10.1 Å². The molecule has 0 saturated heterocycles. The maximum atomic E-state index is 13.3. The number of para-hydroxylation sites is 1. The van der Waals surface area contributed by atoms with Crippen molar-refractivity contribution in [3.63, 3.8) is 0 Å². The van der Waals surface area contributed by atoms with Crippen LogP contribution in [0.15, 0.2) is 109 Å². The Bertz CT molecular complexity index is 1580. The largest absolute Gasteiger partial charge is 0.494 e. The lowest BCUT2D eigenvalue weighted by molar-refractivity contribution is -0.138. The van der Waals surface area contributed by atoms with Crippen LogP contribution in [0.5, 0.6) is 5.75 Å². The van der Waals surface area contributed by atoms with E-state index in [4.69, 9.17) is 4.74 Å². The predicted molar refractivity (Wildman–Crippen MR) is 185 cm³/mol. The maximum absolute atomic E-state index is 13.3. The van der Waals surface area contributed by atoms with Crippen molar-refractivity contribution in [2.75, 3.05) is 18.5 Å². The highest BCUT2D eigenvalue weighted by Crippen LogP contribution is 2.27. The molecule has 0 heterocycles. The zero-order valence-electron chi connectivity index (χ0n) is 26.9. The van der Waals surface area contributed by atoms with Gasteiger partial charge in [0.25, 0.3) is 0 Å². The van der Waals surface area contributed by atoms with E-state index in [2.05, 4.69) is 17.4 Å². The van der Waals surface area contributed by atoms with E-state index in [-0.39, 0.29) is 18.1 Å². The normalized spacial score (nSPS) is 13.8. The predicted octanol–water partition coefficient (Wildman–Crippen LogP) is 7.79. The van der Waals surface area contributed by atoms with Crippen molar-refractivity contribution in [2.45, 2.75) is 64.0 Å². The van der Waals surface area contributed by atoms with E-state index in [1.165, 1.54) is 19.3 Å². The number of carboxylic acid groups (broad SMARTS) is 1. The van der Waals surface area contributed by atoms with Crippen molar-refractivity contribution in [1.82, 2.24) is 4.90 Å². The van der Waals surface area contributed by atoms with Gasteiger partial charge in [0.05, 0.1) is 6.61 Å². The third kappa shape index (κ3) is 10.0. The number of benzene rings is 4. The SMILES string of the molecule is O=C(c1ccccc1)c1ccccc1NC(Cc1ccc(OCCCN(Cc2ccccc2)C(=O)CC2CCCCC2)cc1)C(=O)O. The fourth-order valence-electron chi connectivity index (χ4n) is 6.21. The smallest absolute Gasteiger partial charge is 0.326 e. The van der Waals surface area contributed by atoms with Gasteiger partial charge in [0, 0.05) is 42.7 Å². The quantitative estimate of drug-likeness (QED) is 0.0967. The van der Waals surface area contributed by atoms with Gasteiger partial charge in [0.15, 0.2) is 5.78 Å². The summed E-state index contributed by atoms with van der Waals surface area (Å²) in [4.78, 5) is 40.6. The first-order chi connectivity index (χ1) is 23.0. The van der Waals surface area contributed by atoms with Gasteiger partial charge in [-0.2, -0.15) is 0 Å². The summed E-state index contributed by atoms with van der Waals surface area (Å²) < 4.78 is 6.02. The lowest BCUT2D eigenvalue weighted by atomic mass is 9.86. The molecule has 7 heteroatoms. The van der Waals surface area contributed by atoms with Gasteiger partial charge in [0.1, 0.15) is 11.8 Å².